The van der Waals surface area contributed by atoms with Gasteiger partial charge in [0.25, 0.3) is 0 Å². The molecule has 2 N–H and O–H groups in total. The van der Waals surface area contributed by atoms with Crippen molar-refractivity contribution < 1.29 is 0 Å². The van der Waals surface area contributed by atoms with Crippen LogP contribution in [0, 0.1) is 0 Å². The van der Waals surface area contributed by atoms with Gasteiger partial charge in [-0.3, -0.25) is 0 Å². The Bertz CT molecular complexity index is 730. The number of aromatic nitrogens is 4. The first-order valence-electron chi connectivity index (χ1n) is 6.21. The van der Waals surface area contributed by atoms with Gasteiger partial charge in [-0.1, -0.05) is 13.8 Å². The second kappa shape index (κ2) is 4.35. The van der Waals surface area contributed by atoms with E-state index in [1.165, 1.54) is 0 Å². The number of nitrogens with zero attached hydrogens (tertiary/aromatic N) is 4. The van der Waals surface area contributed by atoms with E-state index < -0.39 is 0 Å². The molecular formula is C14H15N5. The smallest absolute Gasteiger partial charge is 0.157 e. The normalized spacial score (nSPS) is 11.3. The molecule has 0 saturated carbocycles. The van der Waals surface area contributed by atoms with Crippen molar-refractivity contribution >= 4 is 16.6 Å². The molecule has 0 atom stereocenters. The van der Waals surface area contributed by atoms with Crippen LogP contribution in [-0.2, 0) is 0 Å². The van der Waals surface area contributed by atoms with Crippen LogP contribution in [0.5, 0.6) is 0 Å². The van der Waals surface area contributed by atoms with Gasteiger partial charge in [-0.05, 0) is 24.1 Å². The van der Waals surface area contributed by atoms with Crippen LogP contribution in [0.15, 0.2) is 36.8 Å². The minimum absolute atomic E-state index is 0.355. The number of nitrogen functional groups attached to an aromatic ring is 1. The molecule has 2 aromatic heterocycles. The lowest BCUT2D eigenvalue weighted by molar-refractivity contribution is 0.792. The SMILES string of the molecule is CC(C)c1cc(-n2ncc3ccc(N)cc32)ncn1. The third-order valence-corrected chi connectivity index (χ3v) is 3.08. The lowest BCUT2D eigenvalue weighted by atomic mass is 10.1. The van der Waals surface area contributed by atoms with E-state index >= 15 is 0 Å². The largest absolute Gasteiger partial charge is 0.399 e. The molecule has 3 rings (SSSR count). The Hall–Kier alpha value is -2.43. The van der Waals surface area contributed by atoms with Crippen LogP contribution < -0.4 is 5.73 Å². The number of fused-ring (bicyclic) bond motifs is 1. The number of benzene rings is 1. The van der Waals surface area contributed by atoms with Crippen molar-refractivity contribution in [3.05, 3.63) is 42.5 Å². The van der Waals surface area contributed by atoms with E-state index in [4.69, 9.17) is 5.73 Å². The molecule has 96 valence electrons. The van der Waals surface area contributed by atoms with Gasteiger partial charge in [0, 0.05) is 22.8 Å². The predicted molar refractivity (Wildman–Crippen MR) is 75.2 cm³/mol. The summed E-state index contributed by atoms with van der Waals surface area (Å²) in [5.74, 6) is 1.12. The average Bonchev–Trinajstić information content (AvgIpc) is 2.81. The van der Waals surface area contributed by atoms with Crippen molar-refractivity contribution in [3.63, 3.8) is 0 Å². The fraction of sp³-hybridized carbons (Fsp3) is 0.214. The molecule has 2 heterocycles. The molecule has 0 aliphatic heterocycles. The van der Waals surface area contributed by atoms with E-state index in [1.807, 2.05) is 30.5 Å². The van der Waals surface area contributed by atoms with Crippen LogP contribution in [0.2, 0.25) is 0 Å². The van der Waals surface area contributed by atoms with Crippen LogP contribution in [0.25, 0.3) is 16.7 Å². The lowest BCUT2D eigenvalue weighted by Crippen LogP contribution is -2.03. The fourth-order valence-electron chi connectivity index (χ4n) is 2.01. The van der Waals surface area contributed by atoms with Gasteiger partial charge in [-0.2, -0.15) is 5.10 Å². The third kappa shape index (κ3) is 2.03. The maximum absolute atomic E-state index is 5.83. The zero-order valence-corrected chi connectivity index (χ0v) is 10.9. The molecule has 0 radical (unpaired) electrons. The molecule has 5 heteroatoms. The maximum Gasteiger partial charge on any atom is 0.157 e. The standard InChI is InChI=1S/C14H15N5/c1-9(2)12-6-14(17-8-16-12)19-13-5-11(15)4-3-10(13)7-18-19/h3-9H,15H2,1-2H3. The maximum atomic E-state index is 5.83. The zero-order valence-electron chi connectivity index (χ0n) is 10.9. The summed E-state index contributed by atoms with van der Waals surface area (Å²) in [5.41, 5.74) is 8.50. The molecule has 5 nitrogen and oxygen atoms in total. The number of hydrogen-bond acceptors (Lipinski definition) is 4. The van der Waals surface area contributed by atoms with Gasteiger partial charge >= 0.3 is 0 Å². The molecule has 0 amide bonds. The minimum Gasteiger partial charge on any atom is -0.399 e. The van der Waals surface area contributed by atoms with Gasteiger partial charge in [0.2, 0.25) is 0 Å². The molecule has 0 saturated heterocycles. The van der Waals surface area contributed by atoms with E-state index in [0.717, 1.165) is 22.4 Å². The van der Waals surface area contributed by atoms with Gasteiger partial charge in [0.05, 0.1) is 11.7 Å². The molecule has 0 bridgehead atoms. The first kappa shape index (κ1) is 11.6. The quantitative estimate of drug-likeness (QED) is 0.712. The Balaban J connectivity index is 2.18. The fourth-order valence-corrected chi connectivity index (χ4v) is 2.01. The highest BCUT2D eigenvalue weighted by Gasteiger charge is 2.09. The highest BCUT2D eigenvalue weighted by molar-refractivity contribution is 5.83. The van der Waals surface area contributed by atoms with Crippen LogP contribution in [0.1, 0.15) is 25.5 Å². The van der Waals surface area contributed by atoms with Gasteiger partial charge < -0.3 is 5.73 Å². The summed E-state index contributed by atoms with van der Waals surface area (Å²) < 4.78 is 1.79. The Morgan fingerprint density at radius 2 is 2.00 bits per heavy atom. The Morgan fingerprint density at radius 3 is 2.79 bits per heavy atom. The number of hydrogen-bond donors (Lipinski definition) is 1. The van der Waals surface area contributed by atoms with Gasteiger partial charge in [0.1, 0.15) is 6.33 Å². The topological polar surface area (TPSA) is 69.6 Å². The van der Waals surface area contributed by atoms with Crippen LogP contribution in [-0.4, -0.2) is 19.7 Å². The van der Waals surface area contributed by atoms with E-state index in [-0.39, 0.29) is 0 Å². The van der Waals surface area contributed by atoms with Crippen molar-refractivity contribution in [2.24, 2.45) is 0 Å². The molecule has 0 spiro atoms. The van der Waals surface area contributed by atoms with Crippen LogP contribution in [0.3, 0.4) is 0 Å². The van der Waals surface area contributed by atoms with E-state index in [1.54, 1.807) is 11.0 Å². The molecule has 19 heavy (non-hydrogen) atoms. The molecule has 0 fully saturated rings. The van der Waals surface area contributed by atoms with Crippen molar-refractivity contribution in [1.29, 1.82) is 0 Å². The molecule has 3 aromatic rings. The highest BCUT2D eigenvalue weighted by atomic mass is 15.3. The van der Waals surface area contributed by atoms with Crippen molar-refractivity contribution in [1.82, 2.24) is 19.7 Å². The Morgan fingerprint density at radius 1 is 1.16 bits per heavy atom. The summed E-state index contributed by atoms with van der Waals surface area (Å²) in [6.07, 6.45) is 3.39. The second-order valence-corrected chi connectivity index (χ2v) is 4.83. The Kier molecular flexibility index (Phi) is 2.67. The summed E-state index contributed by atoms with van der Waals surface area (Å²) in [6.45, 7) is 4.20. The molecule has 1 aromatic carbocycles. The van der Waals surface area contributed by atoms with Gasteiger partial charge in [0.15, 0.2) is 5.82 Å². The van der Waals surface area contributed by atoms with Crippen molar-refractivity contribution in [2.75, 3.05) is 5.73 Å². The summed E-state index contributed by atoms with van der Waals surface area (Å²) in [4.78, 5) is 8.56. The van der Waals surface area contributed by atoms with Gasteiger partial charge in [-0.25, -0.2) is 14.6 Å². The first-order chi connectivity index (χ1) is 9.15. The van der Waals surface area contributed by atoms with Crippen LogP contribution >= 0.6 is 0 Å². The minimum atomic E-state index is 0.355. The molecule has 0 aliphatic rings. The molecule has 0 aliphatic carbocycles. The first-order valence-corrected chi connectivity index (χ1v) is 6.21. The second-order valence-electron chi connectivity index (χ2n) is 4.83. The summed E-state index contributed by atoms with van der Waals surface area (Å²) in [5, 5.41) is 5.42. The van der Waals surface area contributed by atoms with E-state index in [2.05, 4.69) is 28.9 Å². The van der Waals surface area contributed by atoms with Crippen molar-refractivity contribution in [2.45, 2.75) is 19.8 Å². The zero-order chi connectivity index (χ0) is 13.4. The number of nitrogens with two attached hydrogens (primary N) is 1. The summed E-state index contributed by atoms with van der Waals surface area (Å²) in [7, 11) is 0. The molecular weight excluding hydrogens is 238 g/mol. The van der Waals surface area contributed by atoms with Crippen molar-refractivity contribution in [3.8, 4) is 5.82 Å². The van der Waals surface area contributed by atoms with Crippen LogP contribution in [0.4, 0.5) is 5.69 Å². The lowest BCUT2D eigenvalue weighted by Gasteiger charge is -2.07. The van der Waals surface area contributed by atoms with E-state index in [9.17, 15) is 0 Å². The number of rotatable bonds is 2. The average molecular weight is 253 g/mol. The summed E-state index contributed by atoms with van der Waals surface area (Å²) >= 11 is 0. The predicted octanol–water partition coefficient (Wildman–Crippen LogP) is 2.52. The molecule has 0 unspecified atom stereocenters. The Labute approximate surface area is 111 Å². The highest BCUT2D eigenvalue weighted by Crippen LogP contribution is 2.21. The van der Waals surface area contributed by atoms with Gasteiger partial charge in [-0.15, -0.1) is 0 Å². The monoisotopic (exact) mass is 253 g/mol. The third-order valence-electron chi connectivity index (χ3n) is 3.08. The van der Waals surface area contributed by atoms with E-state index in [0.29, 0.717) is 11.6 Å². The summed E-state index contributed by atoms with van der Waals surface area (Å²) in [6, 6.07) is 7.69. The number of anilines is 1.